The minimum absolute atomic E-state index is 0.0504. The molecule has 0 unspecified atom stereocenters. The van der Waals surface area contributed by atoms with Crippen LogP contribution in [0.2, 0.25) is 0 Å². The molecule has 0 atom stereocenters. The van der Waals surface area contributed by atoms with Gasteiger partial charge in [0.25, 0.3) is 0 Å². The number of likely N-dealkylation sites (tertiary alicyclic amines) is 1. The lowest BCUT2D eigenvalue weighted by Gasteiger charge is -2.39. The molecule has 0 aromatic heterocycles. The number of carbonyl (C=O) groups is 3. The van der Waals surface area contributed by atoms with E-state index in [1.54, 1.807) is 4.90 Å². The fourth-order valence-corrected chi connectivity index (χ4v) is 4.86. The molecule has 0 radical (unpaired) electrons. The Morgan fingerprint density at radius 2 is 1.56 bits per heavy atom. The Balaban J connectivity index is 1.09. The number of hydrogen-bond donors (Lipinski definition) is 2. The lowest BCUT2D eigenvalue weighted by atomic mass is 9.94. The average Bonchev–Trinajstić information content (AvgIpc) is 3.12. The van der Waals surface area contributed by atoms with Crippen molar-refractivity contribution < 1.29 is 24.2 Å². The van der Waals surface area contributed by atoms with E-state index in [1.165, 1.54) is 22.3 Å². The lowest BCUT2D eigenvalue weighted by Crippen LogP contribution is -2.49. The third-order valence-electron chi connectivity index (χ3n) is 6.76. The highest BCUT2D eigenvalue weighted by atomic mass is 16.5. The van der Waals surface area contributed by atoms with E-state index in [2.05, 4.69) is 29.6 Å². The summed E-state index contributed by atoms with van der Waals surface area (Å²) in [4.78, 5) is 36.8. The first kappa shape index (κ1) is 23.8. The molecule has 2 aliphatic rings. The zero-order chi connectivity index (χ0) is 23.9. The summed E-state index contributed by atoms with van der Waals surface area (Å²) in [5.74, 6) is -0.275. The number of nitrogens with zero attached hydrogens (tertiary/aromatic N) is 1. The summed E-state index contributed by atoms with van der Waals surface area (Å²) in [5, 5.41) is 11.5. The van der Waals surface area contributed by atoms with Crippen LogP contribution in [0, 0.1) is 5.92 Å². The third-order valence-corrected chi connectivity index (χ3v) is 6.76. The normalized spacial score (nSPS) is 14.8. The van der Waals surface area contributed by atoms with Crippen LogP contribution in [0.3, 0.4) is 0 Å². The van der Waals surface area contributed by atoms with E-state index in [1.807, 2.05) is 24.3 Å². The van der Waals surface area contributed by atoms with E-state index in [0.717, 1.165) is 19.3 Å². The molecule has 2 amide bonds. The molecule has 2 aromatic rings. The number of carbonyl (C=O) groups excluding carboxylic acids is 2. The van der Waals surface area contributed by atoms with E-state index >= 15 is 0 Å². The monoisotopic (exact) mass is 464 g/mol. The molecule has 1 aliphatic heterocycles. The van der Waals surface area contributed by atoms with Crippen molar-refractivity contribution in [1.82, 2.24) is 10.2 Å². The molecule has 0 spiro atoms. The number of carboxylic acid groups (broad SMARTS) is 1. The first-order valence-electron chi connectivity index (χ1n) is 12.1. The highest BCUT2D eigenvalue weighted by Crippen LogP contribution is 2.44. The van der Waals surface area contributed by atoms with Crippen molar-refractivity contribution in [3.63, 3.8) is 0 Å². The van der Waals surface area contributed by atoms with Crippen molar-refractivity contribution in [3.8, 4) is 11.1 Å². The Kier molecular flexibility index (Phi) is 7.83. The number of ether oxygens (including phenoxy) is 1. The number of nitrogens with one attached hydrogen (secondary N) is 1. The van der Waals surface area contributed by atoms with Gasteiger partial charge >= 0.3 is 12.1 Å². The van der Waals surface area contributed by atoms with E-state index in [0.29, 0.717) is 45.0 Å². The van der Waals surface area contributed by atoms with Crippen LogP contribution >= 0.6 is 0 Å². The van der Waals surface area contributed by atoms with Crippen LogP contribution < -0.4 is 5.32 Å². The van der Waals surface area contributed by atoms with Crippen LogP contribution in [-0.4, -0.2) is 54.2 Å². The average molecular weight is 465 g/mol. The molecule has 1 fully saturated rings. The lowest BCUT2D eigenvalue weighted by molar-refractivity contribution is -0.139. The molecule has 4 rings (SSSR count). The number of fused-ring (bicyclic) bond motifs is 3. The third kappa shape index (κ3) is 5.76. The van der Waals surface area contributed by atoms with E-state index in [9.17, 15) is 14.4 Å². The maximum Gasteiger partial charge on any atom is 0.407 e. The Labute approximate surface area is 200 Å². The zero-order valence-electron chi connectivity index (χ0n) is 19.4. The summed E-state index contributed by atoms with van der Waals surface area (Å²) >= 11 is 0. The fraction of sp³-hybridized carbons (Fsp3) is 0.444. The number of carboxylic acids is 1. The second-order valence-corrected chi connectivity index (χ2v) is 9.16. The van der Waals surface area contributed by atoms with Gasteiger partial charge in [-0.05, 0) is 47.4 Å². The van der Waals surface area contributed by atoms with Crippen molar-refractivity contribution in [2.24, 2.45) is 5.92 Å². The van der Waals surface area contributed by atoms with Gasteiger partial charge in [0.15, 0.2) is 0 Å². The Morgan fingerprint density at radius 3 is 2.21 bits per heavy atom. The van der Waals surface area contributed by atoms with Crippen molar-refractivity contribution in [2.45, 2.75) is 44.4 Å². The number of unbranched alkanes of at least 4 members (excludes halogenated alkanes) is 2. The maximum absolute atomic E-state index is 12.2. The topological polar surface area (TPSA) is 95.9 Å². The van der Waals surface area contributed by atoms with Gasteiger partial charge in [-0.3, -0.25) is 9.59 Å². The van der Waals surface area contributed by atoms with Crippen molar-refractivity contribution in [3.05, 3.63) is 59.7 Å². The molecule has 1 heterocycles. The minimum atomic E-state index is -0.781. The van der Waals surface area contributed by atoms with Gasteiger partial charge in [-0.1, -0.05) is 55.0 Å². The number of rotatable bonds is 11. The molecule has 7 nitrogen and oxygen atoms in total. The summed E-state index contributed by atoms with van der Waals surface area (Å²) in [5.41, 5.74) is 4.79. The molecular formula is C27H32N2O5. The van der Waals surface area contributed by atoms with Crippen LogP contribution in [-0.2, 0) is 14.3 Å². The molecule has 34 heavy (non-hydrogen) atoms. The van der Waals surface area contributed by atoms with Crippen LogP contribution in [0.1, 0.15) is 55.6 Å². The molecule has 2 N–H and O–H groups in total. The Morgan fingerprint density at radius 1 is 0.912 bits per heavy atom. The van der Waals surface area contributed by atoms with Gasteiger partial charge < -0.3 is 20.1 Å². The predicted molar refractivity (Wildman–Crippen MR) is 128 cm³/mol. The maximum atomic E-state index is 12.2. The summed E-state index contributed by atoms with van der Waals surface area (Å²) < 4.78 is 5.54. The smallest absolute Gasteiger partial charge is 0.407 e. The van der Waals surface area contributed by atoms with Crippen LogP contribution in [0.25, 0.3) is 11.1 Å². The number of benzene rings is 2. The number of aliphatic carboxylic acids is 1. The van der Waals surface area contributed by atoms with Gasteiger partial charge in [0, 0.05) is 38.4 Å². The van der Waals surface area contributed by atoms with Gasteiger partial charge in [-0.15, -0.1) is 0 Å². The van der Waals surface area contributed by atoms with E-state index in [4.69, 9.17) is 9.84 Å². The first-order valence-corrected chi connectivity index (χ1v) is 12.1. The van der Waals surface area contributed by atoms with Gasteiger partial charge in [0.2, 0.25) is 5.91 Å². The molecule has 0 saturated carbocycles. The van der Waals surface area contributed by atoms with Crippen LogP contribution in [0.15, 0.2) is 48.5 Å². The molecule has 0 bridgehead atoms. The molecule has 1 saturated heterocycles. The van der Waals surface area contributed by atoms with E-state index < -0.39 is 12.1 Å². The summed E-state index contributed by atoms with van der Waals surface area (Å²) in [6.07, 6.45) is 3.32. The molecular weight excluding hydrogens is 432 g/mol. The van der Waals surface area contributed by atoms with Crippen molar-refractivity contribution in [2.75, 3.05) is 26.2 Å². The zero-order valence-corrected chi connectivity index (χ0v) is 19.4. The number of alkyl carbamates (subject to hydrolysis) is 1. The Hall–Kier alpha value is -3.35. The highest BCUT2D eigenvalue weighted by molar-refractivity contribution is 5.79. The van der Waals surface area contributed by atoms with Crippen LogP contribution in [0.4, 0.5) is 4.79 Å². The Bertz CT molecular complexity index is 986. The molecule has 180 valence electrons. The van der Waals surface area contributed by atoms with E-state index in [-0.39, 0.29) is 18.2 Å². The highest BCUT2D eigenvalue weighted by Gasteiger charge is 2.30. The standard InChI is InChI=1S/C27H32N2O5/c30-25(29-16-19(17-29)13-14-26(31)32)12-2-1-7-15-28-27(33)34-18-24-22-10-5-3-8-20(22)21-9-4-6-11-23(21)24/h3-6,8-11,19,24H,1-2,7,12-18H2,(H,28,33)(H,31,32). The van der Waals surface area contributed by atoms with Gasteiger partial charge in [0.05, 0.1) is 0 Å². The quantitative estimate of drug-likeness (QED) is 0.480. The SMILES string of the molecule is O=C(O)CCC1CN(C(=O)CCCCCNC(=O)OCC2c3ccccc3-c3ccccc32)C1. The van der Waals surface area contributed by atoms with Gasteiger partial charge in [0.1, 0.15) is 6.61 Å². The predicted octanol–water partition coefficient (Wildman–Crippen LogP) is 4.41. The summed E-state index contributed by atoms with van der Waals surface area (Å²) in [7, 11) is 0. The van der Waals surface area contributed by atoms with Crippen LogP contribution in [0.5, 0.6) is 0 Å². The molecule has 1 aliphatic carbocycles. The van der Waals surface area contributed by atoms with Gasteiger partial charge in [-0.2, -0.15) is 0 Å². The minimum Gasteiger partial charge on any atom is -0.481 e. The van der Waals surface area contributed by atoms with Crippen molar-refractivity contribution in [1.29, 1.82) is 0 Å². The number of amides is 2. The number of hydrogen-bond acceptors (Lipinski definition) is 4. The summed E-state index contributed by atoms with van der Waals surface area (Å²) in [6, 6.07) is 16.5. The fourth-order valence-electron chi connectivity index (χ4n) is 4.86. The van der Waals surface area contributed by atoms with Crippen molar-refractivity contribution >= 4 is 18.0 Å². The second kappa shape index (κ2) is 11.2. The summed E-state index contributed by atoms with van der Waals surface area (Å²) in [6.45, 7) is 2.18. The first-order chi connectivity index (χ1) is 16.5. The molecule has 2 aromatic carbocycles. The molecule has 7 heteroatoms. The second-order valence-electron chi connectivity index (χ2n) is 9.16. The largest absolute Gasteiger partial charge is 0.481 e. The van der Waals surface area contributed by atoms with Gasteiger partial charge in [-0.25, -0.2) is 4.79 Å².